The zero-order valence-electron chi connectivity index (χ0n) is 18.1. The molecule has 158 valence electrons. The molecule has 0 saturated heterocycles. The molecule has 3 heteroatoms. The molecule has 0 spiro atoms. The third-order valence-electron chi connectivity index (χ3n) is 6.72. The van der Waals surface area contributed by atoms with Crippen molar-refractivity contribution in [3.63, 3.8) is 0 Å². The van der Waals surface area contributed by atoms with Crippen molar-refractivity contribution in [2.75, 3.05) is 6.79 Å². The van der Waals surface area contributed by atoms with Gasteiger partial charge in [0.15, 0.2) is 16.9 Å². The smallest absolute Gasteiger partial charge is 0.231 e. The minimum Gasteiger partial charge on any atom is -0.454 e. The highest BCUT2D eigenvalue weighted by molar-refractivity contribution is 6.01. The molecule has 1 aliphatic carbocycles. The molecule has 0 amide bonds. The van der Waals surface area contributed by atoms with E-state index < -0.39 is 0 Å². The highest BCUT2D eigenvalue weighted by atomic mass is 16.7. The maximum absolute atomic E-state index is 14.0. The third kappa shape index (κ3) is 2.85. The van der Waals surface area contributed by atoms with Crippen molar-refractivity contribution in [3.8, 4) is 33.8 Å². The summed E-state index contributed by atoms with van der Waals surface area (Å²) in [6, 6.07) is 22.8. The van der Waals surface area contributed by atoms with Gasteiger partial charge in [0, 0.05) is 10.9 Å². The maximum Gasteiger partial charge on any atom is 0.231 e. The maximum atomic E-state index is 14.0. The van der Waals surface area contributed by atoms with Crippen molar-refractivity contribution in [2.24, 2.45) is 0 Å². The van der Waals surface area contributed by atoms with Gasteiger partial charge in [0.1, 0.15) is 0 Å². The van der Waals surface area contributed by atoms with Gasteiger partial charge >= 0.3 is 0 Å². The van der Waals surface area contributed by atoms with Crippen molar-refractivity contribution < 1.29 is 9.47 Å². The van der Waals surface area contributed by atoms with E-state index in [-0.39, 0.29) is 12.2 Å². The van der Waals surface area contributed by atoms with Crippen LogP contribution in [0.4, 0.5) is 0 Å². The van der Waals surface area contributed by atoms with Gasteiger partial charge in [-0.15, -0.1) is 0 Å². The fourth-order valence-corrected chi connectivity index (χ4v) is 5.21. The first-order valence-electron chi connectivity index (χ1n) is 11.4. The van der Waals surface area contributed by atoms with E-state index in [0.717, 1.165) is 64.6 Å². The van der Waals surface area contributed by atoms with E-state index in [9.17, 15) is 4.79 Å². The fourth-order valence-electron chi connectivity index (χ4n) is 5.21. The van der Waals surface area contributed by atoms with Gasteiger partial charge in [-0.2, -0.15) is 0 Å². The van der Waals surface area contributed by atoms with E-state index in [1.54, 1.807) is 0 Å². The summed E-state index contributed by atoms with van der Waals surface area (Å²) >= 11 is 0. The number of unbranched alkanes of at least 4 members (excludes halogenated alkanes) is 1. The lowest BCUT2D eigenvalue weighted by molar-refractivity contribution is 0.174. The first-order valence-corrected chi connectivity index (χ1v) is 11.4. The zero-order chi connectivity index (χ0) is 21.7. The Balaban J connectivity index is 1.79. The largest absolute Gasteiger partial charge is 0.454 e. The Morgan fingerprint density at radius 3 is 2.50 bits per heavy atom. The van der Waals surface area contributed by atoms with Gasteiger partial charge in [0.25, 0.3) is 0 Å². The van der Waals surface area contributed by atoms with E-state index in [2.05, 4.69) is 43.3 Å². The third-order valence-corrected chi connectivity index (χ3v) is 6.72. The first kappa shape index (κ1) is 19.1. The predicted octanol–water partition coefficient (Wildman–Crippen LogP) is 6.51. The first-order chi connectivity index (χ1) is 15.8. The number of hydrogen-bond acceptors (Lipinski definition) is 3. The van der Waals surface area contributed by atoms with E-state index in [1.165, 1.54) is 22.3 Å². The zero-order valence-corrected chi connectivity index (χ0v) is 18.1. The minimum absolute atomic E-state index is 0.147. The lowest BCUT2D eigenvalue weighted by atomic mass is 9.90. The second-order valence-corrected chi connectivity index (χ2v) is 8.59. The van der Waals surface area contributed by atoms with Crippen LogP contribution in [0.3, 0.4) is 0 Å². The Morgan fingerprint density at radius 2 is 1.62 bits per heavy atom. The standard InChI is InChI=1S/C29H24O3/c1-2-3-9-23-27(19-13-14-25-26(16-19)32-17-31-25)28-20-10-5-4-8-18(20)15-24(28)21-11-6-7-12-22(21)29(23)30/h4-8,10-14,16H,2-3,9,15,17H2,1H3. The predicted molar refractivity (Wildman–Crippen MR) is 129 cm³/mol. The van der Waals surface area contributed by atoms with Gasteiger partial charge in [-0.3, -0.25) is 4.79 Å². The monoisotopic (exact) mass is 420 g/mol. The van der Waals surface area contributed by atoms with Gasteiger partial charge in [-0.1, -0.05) is 67.9 Å². The quantitative estimate of drug-likeness (QED) is 0.332. The average Bonchev–Trinajstić information content (AvgIpc) is 3.43. The van der Waals surface area contributed by atoms with E-state index >= 15 is 0 Å². The Morgan fingerprint density at radius 1 is 0.844 bits per heavy atom. The summed E-state index contributed by atoms with van der Waals surface area (Å²) in [7, 11) is 0. The Hall–Kier alpha value is -3.59. The van der Waals surface area contributed by atoms with Crippen LogP contribution in [0.25, 0.3) is 33.0 Å². The molecule has 1 heterocycles. The van der Waals surface area contributed by atoms with Crippen LogP contribution < -0.4 is 14.9 Å². The Bertz CT molecular complexity index is 1430. The van der Waals surface area contributed by atoms with Crippen LogP contribution in [0.5, 0.6) is 11.5 Å². The molecule has 0 unspecified atom stereocenters. The second kappa shape index (κ2) is 7.52. The molecular weight excluding hydrogens is 396 g/mol. The molecule has 32 heavy (non-hydrogen) atoms. The van der Waals surface area contributed by atoms with Gasteiger partial charge in [0.2, 0.25) is 6.79 Å². The van der Waals surface area contributed by atoms with Crippen LogP contribution >= 0.6 is 0 Å². The molecule has 0 saturated carbocycles. The summed E-state index contributed by atoms with van der Waals surface area (Å²) in [4.78, 5) is 14.0. The number of benzene rings is 3. The average molecular weight is 421 g/mol. The lowest BCUT2D eigenvalue weighted by Gasteiger charge is -2.13. The van der Waals surface area contributed by atoms with Crippen LogP contribution in [-0.2, 0) is 12.8 Å². The summed E-state index contributed by atoms with van der Waals surface area (Å²) in [5.74, 6) is 1.50. The molecular formula is C29H24O3. The molecule has 0 fully saturated rings. The van der Waals surface area contributed by atoms with Crippen molar-refractivity contribution >= 4 is 10.8 Å². The van der Waals surface area contributed by atoms with Gasteiger partial charge in [0.05, 0.1) is 0 Å². The van der Waals surface area contributed by atoms with Crippen molar-refractivity contribution in [2.45, 2.75) is 32.6 Å². The molecule has 0 atom stereocenters. The number of ether oxygens (including phenoxy) is 2. The van der Waals surface area contributed by atoms with Gasteiger partial charge < -0.3 is 9.47 Å². The molecule has 0 bridgehead atoms. The Kier molecular flexibility index (Phi) is 4.50. The minimum atomic E-state index is 0.147. The summed E-state index contributed by atoms with van der Waals surface area (Å²) in [6.45, 7) is 2.41. The SMILES string of the molecule is CCCCc1c(-c2ccc3c(c2)OCO3)c2c(c3ccccc3c1=O)Cc1ccccc1-2. The molecule has 0 radical (unpaired) electrons. The van der Waals surface area contributed by atoms with E-state index in [1.807, 2.05) is 30.3 Å². The molecule has 4 aromatic rings. The normalized spacial score (nSPS) is 13.3. The molecule has 1 aliphatic heterocycles. The highest BCUT2D eigenvalue weighted by Gasteiger charge is 2.27. The summed E-state index contributed by atoms with van der Waals surface area (Å²) in [6.07, 6.45) is 3.61. The highest BCUT2D eigenvalue weighted by Crippen LogP contribution is 2.47. The second-order valence-electron chi connectivity index (χ2n) is 8.59. The van der Waals surface area contributed by atoms with Crippen LogP contribution in [0.15, 0.2) is 71.5 Å². The van der Waals surface area contributed by atoms with Crippen molar-refractivity contribution in [1.29, 1.82) is 0 Å². The molecule has 2 aliphatic rings. The Labute approximate surface area is 187 Å². The van der Waals surface area contributed by atoms with Crippen molar-refractivity contribution in [3.05, 3.63) is 93.6 Å². The molecule has 0 N–H and O–H groups in total. The molecule has 0 aromatic heterocycles. The van der Waals surface area contributed by atoms with Crippen molar-refractivity contribution in [1.82, 2.24) is 0 Å². The van der Waals surface area contributed by atoms with E-state index in [4.69, 9.17) is 9.47 Å². The fraction of sp³-hybridized carbons (Fsp3) is 0.207. The van der Waals surface area contributed by atoms with Gasteiger partial charge in [-0.25, -0.2) is 0 Å². The summed E-state index contributed by atoms with van der Waals surface area (Å²) in [5, 5.41) is 1.88. The molecule has 4 aromatic carbocycles. The van der Waals surface area contributed by atoms with Crippen LogP contribution in [-0.4, -0.2) is 6.79 Å². The van der Waals surface area contributed by atoms with Crippen LogP contribution in [0, 0.1) is 0 Å². The number of fused-ring (bicyclic) bond motifs is 6. The number of rotatable bonds is 4. The molecule has 3 nitrogen and oxygen atoms in total. The summed E-state index contributed by atoms with van der Waals surface area (Å²) < 4.78 is 11.3. The van der Waals surface area contributed by atoms with Crippen LogP contribution in [0.1, 0.15) is 36.5 Å². The lowest BCUT2D eigenvalue weighted by Crippen LogP contribution is -2.08. The topological polar surface area (TPSA) is 35.5 Å². The van der Waals surface area contributed by atoms with Crippen LogP contribution in [0.2, 0.25) is 0 Å². The summed E-state index contributed by atoms with van der Waals surface area (Å²) in [5.41, 5.74) is 8.11. The van der Waals surface area contributed by atoms with E-state index in [0.29, 0.717) is 0 Å². The molecule has 6 rings (SSSR count). The van der Waals surface area contributed by atoms with Gasteiger partial charge in [-0.05, 0) is 70.2 Å². The number of hydrogen-bond donors (Lipinski definition) is 0.